The molecule has 3 aromatic rings. The van der Waals surface area contributed by atoms with Crippen molar-refractivity contribution >= 4 is 39.3 Å². The lowest BCUT2D eigenvalue weighted by atomic mass is 9.95. The van der Waals surface area contributed by atoms with E-state index in [2.05, 4.69) is 20.9 Å². The van der Waals surface area contributed by atoms with Gasteiger partial charge in [0, 0.05) is 10.0 Å². The number of ether oxygens (including phenoxy) is 3. The van der Waals surface area contributed by atoms with Crippen LogP contribution in [0.15, 0.2) is 61.9 Å². The molecule has 0 saturated carbocycles. The number of fused-ring (bicyclic) bond motifs is 1. The Morgan fingerprint density at radius 2 is 2.00 bits per heavy atom. The van der Waals surface area contributed by atoms with Crippen molar-refractivity contribution in [3.63, 3.8) is 0 Å². The van der Waals surface area contributed by atoms with Crippen molar-refractivity contribution < 1.29 is 24.1 Å². The lowest BCUT2D eigenvalue weighted by Crippen LogP contribution is -2.40. The summed E-state index contributed by atoms with van der Waals surface area (Å²) in [5.41, 5.74) is 1.74. The second kappa shape index (κ2) is 10.9. The lowest BCUT2D eigenvalue weighted by molar-refractivity contribution is -0.139. The Morgan fingerprint density at radius 1 is 1.27 bits per heavy atom. The van der Waals surface area contributed by atoms with Crippen LogP contribution < -0.4 is 24.4 Å². The monoisotopic (exact) mass is 586 g/mol. The number of aromatic nitrogens is 1. The zero-order valence-corrected chi connectivity index (χ0v) is 23.5. The average molecular weight is 587 g/mol. The predicted octanol–water partition coefficient (Wildman–Crippen LogP) is 4.06. The molecule has 2 aromatic carbocycles. The number of rotatable bonds is 7. The third-order valence-electron chi connectivity index (χ3n) is 5.68. The number of thiazole rings is 1. The van der Waals surface area contributed by atoms with E-state index in [-0.39, 0.29) is 35.3 Å². The Kier molecular flexibility index (Phi) is 7.89. The Labute approximate surface area is 226 Å². The van der Waals surface area contributed by atoms with Crippen molar-refractivity contribution in [1.82, 2.24) is 4.57 Å². The number of para-hydroxylation sites is 1. The maximum absolute atomic E-state index is 13.9. The van der Waals surface area contributed by atoms with E-state index in [0.717, 1.165) is 0 Å². The van der Waals surface area contributed by atoms with Gasteiger partial charge in [0.15, 0.2) is 16.3 Å². The summed E-state index contributed by atoms with van der Waals surface area (Å²) in [6.07, 6.45) is 1.59. The lowest BCUT2D eigenvalue weighted by Gasteiger charge is -2.26. The maximum atomic E-state index is 13.9. The van der Waals surface area contributed by atoms with E-state index in [9.17, 15) is 14.7 Å². The van der Waals surface area contributed by atoms with Crippen LogP contribution in [0.25, 0.3) is 6.08 Å². The minimum absolute atomic E-state index is 0.0237. The Morgan fingerprint density at radius 3 is 2.68 bits per heavy atom. The highest BCUT2D eigenvalue weighted by Gasteiger charge is 2.35. The number of halogens is 1. The van der Waals surface area contributed by atoms with E-state index in [1.165, 1.54) is 29.1 Å². The number of carbonyl (C=O) groups is 1. The van der Waals surface area contributed by atoms with Gasteiger partial charge in [-0.1, -0.05) is 45.5 Å². The molecule has 1 aliphatic rings. The number of benzene rings is 2. The van der Waals surface area contributed by atoms with Crippen LogP contribution in [0.1, 0.15) is 44.9 Å². The first-order valence-corrected chi connectivity index (χ1v) is 13.3. The minimum atomic E-state index is -0.787. The van der Waals surface area contributed by atoms with Gasteiger partial charge in [-0.2, -0.15) is 0 Å². The number of hydrogen-bond acceptors (Lipinski definition) is 8. The van der Waals surface area contributed by atoms with Crippen LogP contribution >= 0.6 is 27.3 Å². The zero-order chi connectivity index (χ0) is 26.9. The number of carbonyl (C=O) groups excluding carboxylic acids is 1. The van der Waals surface area contributed by atoms with Crippen molar-refractivity contribution in [3.05, 3.63) is 83.0 Å². The molecule has 0 spiro atoms. The van der Waals surface area contributed by atoms with Crippen molar-refractivity contribution in [3.8, 4) is 17.2 Å². The second-order valence-electron chi connectivity index (χ2n) is 8.55. The molecular formula is C27H27BrN2O6S. The molecular weight excluding hydrogens is 560 g/mol. The molecule has 1 aromatic heterocycles. The molecule has 0 bridgehead atoms. The fourth-order valence-corrected chi connectivity index (χ4v) is 5.61. The summed E-state index contributed by atoms with van der Waals surface area (Å²) in [6, 6.07) is 9.72. The Hall–Kier alpha value is -3.37. The van der Waals surface area contributed by atoms with Gasteiger partial charge in [-0.3, -0.25) is 9.36 Å². The number of methoxy groups -OCH3 is 1. The first-order chi connectivity index (χ1) is 17.7. The SMILES string of the molecule is CCOC(=O)C1=C(C)N=c2s/c(=C/c3cc(OC)c(O)cc3Br)c(=O)n2C1c1ccccc1OC(C)C. The Bertz CT molecular complexity index is 1570. The van der Waals surface area contributed by atoms with E-state index in [0.29, 0.717) is 36.4 Å². The number of phenols is 1. The van der Waals surface area contributed by atoms with Gasteiger partial charge in [-0.05, 0) is 57.5 Å². The van der Waals surface area contributed by atoms with Crippen molar-refractivity contribution in [2.75, 3.05) is 13.7 Å². The van der Waals surface area contributed by atoms with E-state index >= 15 is 0 Å². The summed E-state index contributed by atoms with van der Waals surface area (Å²) in [5.74, 6) is 0.290. The van der Waals surface area contributed by atoms with Gasteiger partial charge < -0.3 is 19.3 Å². The zero-order valence-electron chi connectivity index (χ0n) is 21.1. The quantitative estimate of drug-likeness (QED) is 0.419. The molecule has 0 amide bonds. The molecule has 0 fully saturated rings. The van der Waals surface area contributed by atoms with E-state index in [1.807, 2.05) is 38.1 Å². The van der Waals surface area contributed by atoms with Crippen LogP contribution in [0, 0.1) is 0 Å². The number of phenolic OH excluding ortho intramolecular Hbond substituents is 1. The van der Waals surface area contributed by atoms with Crippen molar-refractivity contribution in [2.45, 2.75) is 39.8 Å². The van der Waals surface area contributed by atoms with Crippen LogP contribution in [-0.4, -0.2) is 35.5 Å². The highest BCUT2D eigenvalue weighted by Crippen LogP contribution is 2.36. The highest BCUT2D eigenvalue weighted by atomic mass is 79.9. The Balaban J connectivity index is 1.99. The third kappa shape index (κ3) is 5.21. The molecule has 1 atom stereocenters. The van der Waals surface area contributed by atoms with E-state index in [4.69, 9.17) is 14.2 Å². The van der Waals surface area contributed by atoms with Crippen LogP contribution in [0.4, 0.5) is 0 Å². The maximum Gasteiger partial charge on any atom is 0.338 e. The van der Waals surface area contributed by atoms with Gasteiger partial charge in [0.2, 0.25) is 0 Å². The topological polar surface area (TPSA) is 99.4 Å². The fraction of sp³-hybridized carbons (Fsp3) is 0.296. The number of esters is 1. The fourth-order valence-electron chi connectivity index (χ4n) is 4.13. The summed E-state index contributed by atoms with van der Waals surface area (Å²) in [6.45, 7) is 7.49. The van der Waals surface area contributed by atoms with Gasteiger partial charge >= 0.3 is 5.97 Å². The largest absolute Gasteiger partial charge is 0.504 e. The molecule has 0 aliphatic carbocycles. The molecule has 1 N–H and O–H groups in total. The van der Waals surface area contributed by atoms with E-state index < -0.39 is 12.0 Å². The molecule has 37 heavy (non-hydrogen) atoms. The molecule has 8 nitrogen and oxygen atoms in total. The standard InChI is InChI=1S/C27H27BrN2O6S/c1-6-35-26(33)23-15(4)29-27-30(24(23)17-9-7-8-10-20(17)36-14(2)3)25(32)22(37-27)12-16-11-21(34-5)19(31)13-18(16)28/h7-14,24,31H,6H2,1-5H3/b22-12+. The second-order valence-corrected chi connectivity index (χ2v) is 10.4. The summed E-state index contributed by atoms with van der Waals surface area (Å²) < 4.78 is 19.2. The number of allylic oxidation sites excluding steroid dienone is 1. The van der Waals surface area contributed by atoms with Gasteiger partial charge in [0.25, 0.3) is 5.56 Å². The molecule has 1 unspecified atom stereocenters. The van der Waals surface area contributed by atoms with Gasteiger partial charge in [-0.25, -0.2) is 9.79 Å². The number of hydrogen-bond donors (Lipinski definition) is 1. The summed E-state index contributed by atoms with van der Waals surface area (Å²) >= 11 is 4.65. The molecule has 0 saturated heterocycles. The highest BCUT2D eigenvalue weighted by molar-refractivity contribution is 9.10. The third-order valence-corrected chi connectivity index (χ3v) is 7.35. The van der Waals surface area contributed by atoms with Crippen molar-refractivity contribution in [1.29, 1.82) is 0 Å². The van der Waals surface area contributed by atoms with Crippen LogP contribution in [0.2, 0.25) is 0 Å². The molecule has 194 valence electrons. The molecule has 4 rings (SSSR count). The van der Waals surface area contributed by atoms with Crippen LogP contribution in [0.5, 0.6) is 17.2 Å². The van der Waals surface area contributed by atoms with Gasteiger partial charge in [0.1, 0.15) is 11.8 Å². The van der Waals surface area contributed by atoms with Gasteiger partial charge in [-0.15, -0.1) is 0 Å². The number of aromatic hydroxyl groups is 1. The minimum Gasteiger partial charge on any atom is -0.504 e. The first kappa shape index (κ1) is 26.7. The van der Waals surface area contributed by atoms with Gasteiger partial charge in [0.05, 0.1) is 35.6 Å². The molecule has 0 radical (unpaired) electrons. The summed E-state index contributed by atoms with van der Waals surface area (Å²) in [7, 11) is 1.46. The smallest absolute Gasteiger partial charge is 0.338 e. The first-order valence-electron chi connectivity index (χ1n) is 11.7. The average Bonchev–Trinajstić information content (AvgIpc) is 3.14. The van der Waals surface area contributed by atoms with Crippen molar-refractivity contribution in [2.24, 2.45) is 4.99 Å². The predicted molar refractivity (Wildman–Crippen MR) is 145 cm³/mol. The van der Waals surface area contributed by atoms with Crippen LogP contribution in [-0.2, 0) is 9.53 Å². The normalized spacial score (nSPS) is 15.4. The van der Waals surface area contributed by atoms with Crippen LogP contribution in [0.3, 0.4) is 0 Å². The molecule has 10 heteroatoms. The number of nitrogens with zero attached hydrogens (tertiary/aromatic N) is 2. The summed E-state index contributed by atoms with van der Waals surface area (Å²) in [5, 5.41) is 10.1. The summed E-state index contributed by atoms with van der Waals surface area (Å²) in [4.78, 5) is 32.1. The molecule has 1 aliphatic heterocycles. The molecule has 2 heterocycles. The van der Waals surface area contributed by atoms with E-state index in [1.54, 1.807) is 26.0 Å².